The molecule has 0 radical (unpaired) electrons. The van der Waals surface area contributed by atoms with Gasteiger partial charge in [-0.2, -0.15) is 4.98 Å². The summed E-state index contributed by atoms with van der Waals surface area (Å²) in [5.74, 6) is 1.68. The molecule has 4 aromatic heterocycles. The number of aromatic nitrogens is 5. The van der Waals surface area contributed by atoms with Gasteiger partial charge in [0.2, 0.25) is 5.82 Å². The number of rotatable bonds is 8. The van der Waals surface area contributed by atoms with Gasteiger partial charge in [-0.1, -0.05) is 35.5 Å². The lowest BCUT2D eigenvalue weighted by Gasteiger charge is -2.20. The first-order valence-corrected chi connectivity index (χ1v) is 12.7. The Bertz CT molecular complexity index is 1630. The number of hydrogen-bond donors (Lipinski definition) is 4. The summed E-state index contributed by atoms with van der Waals surface area (Å²) in [5.41, 5.74) is 3.35. The Kier molecular flexibility index (Phi) is 6.68. The summed E-state index contributed by atoms with van der Waals surface area (Å²) in [6.45, 7) is 3.57. The fraction of sp³-hybridized carbons (Fsp3) is 0.207. The lowest BCUT2D eigenvalue weighted by Crippen LogP contribution is -2.17. The SMILES string of the molecule is CC1(C)OC(O)c2ccc(Nc3cc(N[C@H](CO)c4ccccc4)c(-c4nc(-c5cccnc5)no4)cn3)nc21. The largest absolute Gasteiger partial charge is 0.394 e. The fourth-order valence-corrected chi connectivity index (χ4v) is 4.62. The van der Waals surface area contributed by atoms with E-state index in [1.165, 1.54) is 0 Å². The average molecular weight is 538 g/mol. The third kappa shape index (κ3) is 5.00. The number of nitrogens with zero attached hydrogens (tertiary/aromatic N) is 5. The molecule has 1 unspecified atom stereocenters. The quantitative estimate of drug-likeness (QED) is 0.217. The molecule has 6 rings (SSSR count). The third-order valence-electron chi connectivity index (χ3n) is 6.62. The smallest absolute Gasteiger partial charge is 0.261 e. The number of ether oxygens (including phenoxy) is 1. The Morgan fingerprint density at radius 1 is 1.00 bits per heavy atom. The van der Waals surface area contributed by atoms with Crippen molar-refractivity contribution >= 4 is 17.3 Å². The second-order valence-corrected chi connectivity index (χ2v) is 9.81. The molecule has 40 heavy (non-hydrogen) atoms. The van der Waals surface area contributed by atoms with Gasteiger partial charge in [0.05, 0.1) is 29.6 Å². The molecule has 1 aliphatic rings. The molecule has 1 aromatic carbocycles. The van der Waals surface area contributed by atoms with Crippen LogP contribution >= 0.6 is 0 Å². The van der Waals surface area contributed by atoms with Crippen LogP contribution in [0.2, 0.25) is 0 Å². The summed E-state index contributed by atoms with van der Waals surface area (Å²) in [4.78, 5) is 17.9. The van der Waals surface area contributed by atoms with E-state index in [0.29, 0.717) is 40.0 Å². The van der Waals surface area contributed by atoms with Crippen LogP contribution < -0.4 is 10.6 Å². The second kappa shape index (κ2) is 10.5. The molecule has 11 nitrogen and oxygen atoms in total. The van der Waals surface area contributed by atoms with Gasteiger partial charge in [0, 0.05) is 35.8 Å². The van der Waals surface area contributed by atoms with Gasteiger partial charge in [-0.25, -0.2) is 9.97 Å². The van der Waals surface area contributed by atoms with Crippen LogP contribution in [0, 0.1) is 0 Å². The highest BCUT2D eigenvalue weighted by atomic mass is 16.6. The number of aliphatic hydroxyl groups is 2. The number of pyridine rings is 3. The van der Waals surface area contributed by atoms with E-state index in [-0.39, 0.29) is 12.5 Å². The van der Waals surface area contributed by atoms with Gasteiger partial charge in [-0.15, -0.1) is 0 Å². The zero-order chi connectivity index (χ0) is 27.7. The number of anilines is 3. The minimum absolute atomic E-state index is 0.150. The molecular weight excluding hydrogens is 510 g/mol. The number of hydrogen-bond acceptors (Lipinski definition) is 11. The zero-order valence-corrected chi connectivity index (χ0v) is 21.8. The predicted octanol–water partition coefficient (Wildman–Crippen LogP) is 4.73. The van der Waals surface area contributed by atoms with E-state index < -0.39 is 17.9 Å². The molecule has 11 heteroatoms. The first-order valence-electron chi connectivity index (χ1n) is 12.7. The molecule has 0 saturated heterocycles. The van der Waals surface area contributed by atoms with Crippen molar-refractivity contribution in [1.82, 2.24) is 25.1 Å². The van der Waals surface area contributed by atoms with Crippen LogP contribution in [0.5, 0.6) is 0 Å². The van der Waals surface area contributed by atoms with Crippen LogP contribution in [0.4, 0.5) is 17.3 Å². The van der Waals surface area contributed by atoms with Gasteiger partial charge in [0.25, 0.3) is 5.89 Å². The maximum atomic E-state index is 10.2. The molecule has 5 heterocycles. The van der Waals surface area contributed by atoms with Crippen molar-refractivity contribution in [2.45, 2.75) is 31.8 Å². The Balaban J connectivity index is 1.36. The van der Waals surface area contributed by atoms with Crippen molar-refractivity contribution in [3.8, 4) is 22.8 Å². The van der Waals surface area contributed by atoms with Crippen molar-refractivity contribution in [1.29, 1.82) is 0 Å². The zero-order valence-electron chi connectivity index (χ0n) is 21.8. The standard InChI is InChI=1S/C29H27N7O4/c1-29(2)25-19(28(38)39-29)10-11-23(34-25)33-24-13-21(32-22(16-37)17-7-4-3-5-8-17)20(15-31-24)27-35-26(36-40-27)18-9-6-12-30-14-18/h3-15,22,28,37-38H,16H2,1-2H3,(H2,31,32,33,34)/t22-,28?/m1/s1. The first kappa shape index (κ1) is 25.6. The van der Waals surface area contributed by atoms with Gasteiger partial charge >= 0.3 is 0 Å². The van der Waals surface area contributed by atoms with E-state index in [1.54, 1.807) is 42.9 Å². The normalized spacial score (nSPS) is 16.4. The third-order valence-corrected chi connectivity index (χ3v) is 6.62. The Morgan fingerprint density at radius 2 is 1.85 bits per heavy atom. The number of benzene rings is 1. The Hall–Kier alpha value is -4.71. The van der Waals surface area contributed by atoms with Crippen LogP contribution in [0.3, 0.4) is 0 Å². The lowest BCUT2D eigenvalue weighted by molar-refractivity contribution is -0.158. The van der Waals surface area contributed by atoms with Gasteiger partial charge in [0.1, 0.15) is 17.2 Å². The topological polar surface area (TPSA) is 151 Å². The van der Waals surface area contributed by atoms with Crippen LogP contribution in [-0.4, -0.2) is 41.9 Å². The summed E-state index contributed by atoms with van der Waals surface area (Å²) in [6.07, 6.45) is 3.94. The van der Waals surface area contributed by atoms with Crippen molar-refractivity contribution in [2.75, 3.05) is 17.2 Å². The number of fused-ring (bicyclic) bond motifs is 1. The molecule has 0 amide bonds. The number of aliphatic hydroxyl groups excluding tert-OH is 2. The molecule has 202 valence electrons. The second-order valence-electron chi connectivity index (χ2n) is 9.81. The van der Waals surface area contributed by atoms with Crippen molar-refractivity contribution in [2.24, 2.45) is 0 Å². The monoisotopic (exact) mass is 537 g/mol. The van der Waals surface area contributed by atoms with E-state index in [0.717, 1.165) is 11.1 Å². The van der Waals surface area contributed by atoms with Crippen LogP contribution in [0.1, 0.15) is 43.0 Å². The average Bonchev–Trinajstić information content (AvgIpc) is 3.55. The highest BCUT2D eigenvalue weighted by Gasteiger charge is 2.38. The molecule has 2 atom stereocenters. The van der Waals surface area contributed by atoms with Gasteiger partial charge in [0.15, 0.2) is 6.29 Å². The molecule has 0 spiro atoms. The van der Waals surface area contributed by atoms with Crippen molar-refractivity contribution < 1.29 is 19.5 Å². The molecular formula is C29H27N7O4. The molecule has 0 bridgehead atoms. The van der Waals surface area contributed by atoms with E-state index in [4.69, 9.17) is 9.26 Å². The van der Waals surface area contributed by atoms with Gasteiger partial charge < -0.3 is 30.1 Å². The molecule has 1 aliphatic heterocycles. The molecule has 0 aliphatic carbocycles. The maximum absolute atomic E-state index is 10.2. The minimum Gasteiger partial charge on any atom is -0.394 e. The summed E-state index contributed by atoms with van der Waals surface area (Å²) >= 11 is 0. The van der Waals surface area contributed by atoms with Gasteiger partial charge in [-0.3, -0.25) is 4.98 Å². The van der Waals surface area contributed by atoms with E-state index in [2.05, 4.69) is 35.7 Å². The fourth-order valence-electron chi connectivity index (χ4n) is 4.62. The molecule has 0 saturated carbocycles. The first-order chi connectivity index (χ1) is 19.4. The molecule has 4 N–H and O–H groups in total. The Labute approximate surface area is 229 Å². The van der Waals surface area contributed by atoms with Gasteiger partial charge in [-0.05, 0) is 43.7 Å². The lowest BCUT2D eigenvalue weighted by atomic mass is 10.0. The Morgan fingerprint density at radius 3 is 2.62 bits per heavy atom. The summed E-state index contributed by atoms with van der Waals surface area (Å²) in [7, 11) is 0. The van der Waals surface area contributed by atoms with E-state index in [1.807, 2.05) is 50.2 Å². The number of nitrogens with one attached hydrogen (secondary N) is 2. The summed E-state index contributed by atoms with van der Waals surface area (Å²) in [5, 5.41) is 31.2. The van der Waals surface area contributed by atoms with Crippen molar-refractivity contribution in [3.63, 3.8) is 0 Å². The molecule has 5 aromatic rings. The highest BCUT2D eigenvalue weighted by Crippen LogP contribution is 2.41. The van der Waals surface area contributed by atoms with Crippen molar-refractivity contribution in [3.05, 3.63) is 96.1 Å². The van der Waals surface area contributed by atoms with E-state index in [9.17, 15) is 10.2 Å². The summed E-state index contributed by atoms with van der Waals surface area (Å²) in [6, 6.07) is 18.2. The van der Waals surface area contributed by atoms with Crippen LogP contribution in [-0.2, 0) is 10.3 Å². The predicted molar refractivity (Wildman–Crippen MR) is 147 cm³/mol. The van der Waals surface area contributed by atoms with Crippen LogP contribution in [0.25, 0.3) is 22.8 Å². The van der Waals surface area contributed by atoms with E-state index >= 15 is 0 Å². The minimum atomic E-state index is -1.01. The summed E-state index contributed by atoms with van der Waals surface area (Å²) < 4.78 is 11.2. The molecule has 0 fully saturated rings. The van der Waals surface area contributed by atoms with Crippen LogP contribution in [0.15, 0.2) is 83.8 Å². The maximum Gasteiger partial charge on any atom is 0.261 e. The highest BCUT2D eigenvalue weighted by molar-refractivity contribution is 5.76.